The first-order valence-corrected chi connectivity index (χ1v) is 6.98. The molecule has 1 aromatic heterocycles. The van der Waals surface area contributed by atoms with Gasteiger partial charge in [0.15, 0.2) is 6.10 Å². The van der Waals surface area contributed by atoms with Crippen LogP contribution >= 0.6 is 0 Å². The van der Waals surface area contributed by atoms with E-state index < -0.39 is 29.6 Å². The summed E-state index contributed by atoms with van der Waals surface area (Å²) >= 11 is 0. The highest BCUT2D eigenvalue weighted by molar-refractivity contribution is 5.87. The van der Waals surface area contributed by atoms with E-state index in [0.29, 0.717) is 5.56 Å². The van der Waals surface area contributed by atoms with Gasteiger partial charge >= 0.3 is 5.97 Å². The number of aliphatic hydroxyl groups excluding tert-OH is 1. The first-order valence-electron chi connectivity index (χ1n) is 6.98. The molecule has 0 spiro atoms. The number of aliphatic hydroxyl groups is 3. The molecule has 7 nitrogen and oxygen atoms in total. The fourth-order valence-corrected chi connectivity index (χ4v) is 3.27. The van der Waals surface area contributed by atoms with Crippen LogP contribution in [0.3, 0.4) is 0 Å². The molecular formula is C15H15NO6. The van der Waals surface area contributed by atoms with Gasteiger partial charge in [-0.25, -0.2) is 4.79 Å². The summed E-state index contributed by atoms with van der Waals surface area (Å²) in [4.78, 5) is 15.1. The summed E-state index contributed by atoms with van der Waals surface area (Å²) in [6.07, 6.45) is -0.964. The minimum atomic E-state index is -2.26. The van der Waals surface area contributed by atoms with Gasteiger partial charge < -0.3 is 29.8 Å². The smallest absolute Gasteiger partial charge is 0.344 e. The molecule has 2 unspecified atom stereocenters. The number of para-hydroxylation sites is 1. The second-order valence-electron chi connectivity index (χ2n) is 5.80. The van der Waals surface area contributed by atoms with Crippen LogP contribution in [-0.4, -0.2) is 56.5 Å². The Morgan fingerprint density at radius 3 is 2.91 bits per heavy atom. The molecule has 2 fully saturated rings. The van der Waals surface area contributed by atoms with Crippen molar-refractivity contribution in [1.82, 2.24) is 4.98 Å². The summed E-state index contributed by atoms with van der Waals surface area (Å²) in [5.41, 5.74) is -0.766. The Balaban J connectivity index is 1.76. The fourth-order valence-electron chi connectivity index (χ4n) is 3.27. The van der Waals surface area contributed by atoms with Gasteiger partial charge in [-0.2, -0.15) is 0 Å². The van der Waals surface area contributed by atoms with E-state index >= 15 is 0 Å². The third-order valence-electron chi connectivity index (χ3n) is 4.49. The second kappa shape index (κ2) is 4.30. The third kappa shape index (κ3) is 1.56. The van der Waals surface area contributed by atoms with Crippen LogP contribution in [0.1, 0.15) is 5.56 Å². The van der Waals surface area contributed by atoms with E-state index in [1.54, 1.807) is 6.20 Å². The molecule has 1 aromatic carbocycles. The quantitative estimate of drug-likeness (QED) is 0.554. The van der Waals surface area contributed by atoms with Crippen molar-refractivity contribution >= 4 is 16.9 Å². The standard InChI is InChI=1S/C15H15NO6/c17-11-7-21-15(20)12(11)22-13(18)14(15,19)5-8-6-16-10-4-2-1-3-9(8)10/h1-4,6,11-12,16-17,19-20H,5,7H2/t11-,12?,14?,15-/m0/s1. The van der Waals surface area contributed by atoms with Crippen LogP contribution in [0.2, 0.25) is 0 Å². The number of aromatic amines is 1. The Labute approximate surface area is 125 Å². The van der Waals surface area contributed by atoms with Gasteiger partial charge in [-0.3, -0.25) is 0 Å². The van der Waals surface area contributed by atoms with Gasteiger partial charge in [0.25, 0.3) is 0 Å². The van der Waals surface area contributed by atoms with Gasteiger partial charge in [-0.1, -0.05) is 18.2 Å². The van der Waals surface area contributed by atoms with E-state index in [0.717, 1.165) is 10.9 Å². The van der Waals surface area contributed by atoms with E-state index in [2.05, 4.69) is 4.98 Å². The van der Waals surface area contributed by atoms with Crippen molar-refractivity contribution in [2.24, 2.45) is 0 Å². The number of aromatic nitrogens is 1. The number of esters is 1. The van der Waals surface area contributed by atoms with Gasteiger partial charge in [-0.15, -0.1) is 0 Å². The average Bonchev–Trinajstić information content (AvgIpc) is 3.09. The van der Waals surface area contributed by atoms with Gasteiger partial charge in [0, 0.05) is 23.5 Å². The Bertz CT molecular complexity index is 757. The molecule has 0 aliphatic carbocycles. The fraction of sp³-hybridized carbons (Fsp3) is 0.400. The van der Waals surface area contributed by atoms with Crippen molar-refractivity contribution in [2.75, 3.05) is 6.61 Å². The van der Waals surface area contributed by atoms with Gasteiger partial charge in [0.05, 0.1) is 6.61 Å². The molecule has 116 valence electrons. The molecule has 3 heterocycles. The number of hydrogen-bond donors (Lipinski definition) is 4. The molecule has 4 rings (SSSR count). The zero-order valence-electron chi connectivity index (χ0n) is 11.5. The predicted molar refractivity (Wildman–Crippen MR) is 73.7 cm³/mol. The minimum Gasteiger partial charge on any atom is -0.451 e. The first-order chi connectivity index (χ1) is 10.5. The summed E-state index contributed by atoms with van der Waals surface area (Å²) in [6.45, 7) is -0.204. The molecule has 0 radical (unpaired) electrons. The minimum absolute atomic E-state index is 0.185. The number of hydrogen-bond acceptors (Lipinski definition) is 6. The molecule has 2 saturated heterocycles. The number of rotatable bonds is 2. The van der Waals surface area contributed by atoms with Crippen LogP contribution in [0.5, 0.6) is 0 Å². The molecule has 4 atom stereocenters. The molecular weight excluding hydrogens is 290 g/mol. The molecule has 2 aliphatic rings. The Hall–Kier alpha value is -1.93. The highest BCUT2D eigenvalue weighted by Crippen LogP contribution is 2.45. The van der Waals surface area contributed by atoms with E-state index in [-0.39, 0.29) is 13.0 Å². The highest BCUT2D eigenvalue weighted by Gasteiger charge is 2.73. The monoisotopic (exact) mass is 305 g/mol. The molecule has 0 bridgehead atoms. The van der Waals surface area contributed by atoms with E-state index in [1.165, 1.54) is 0 Å². The normalized spacial score (nSPS) is 37.5. The molecule has 4 N–H and O–H groups in total. The van der Waals surface area contributed by atoms with Crippen molar-refractivity contribution in [3.8, 4) is 0 Å². The topological polar surface area (TPSA) is 112 Å². The predicted octanol–water partition coefficient (Wildman–Crippen LogP) is -0.553. The summed E-state index contributed by atoms with van der Waals surface area (Å²) in [6, 6.07) is 7.41. The largest absolute Gasteiger partial charge is 0.451 e. The van der Waals surface area contributed by atoms with Crippen LogP contribution in [0, 0.1) is 0 Å². The SMILES string of the molecule is O=C1OC2[C@@H](O)CO[C@]2(O)C1(O)Cc1c[nH]c2ccccc12. The number of carbonyl (C=O) groups is 1. The summed E-state index contributed by atoms with van der Waals surface area (Å²) in [7, 11) is 0. The third-order valence-corrected chi connectivity index (χ3v) is 4.49. The van der Waals surface area contributed by atoms with Gasteiger partial charge in [-0.05, 0) is 11.6 Å². The molecule has 2 aromatic rings. The van der Waals surface area contributed by atoms with E-state index in [9.17, 15) is 20.1 Å². The number of ether oxygens (including phenoxy) is 2. The number of H-pyrrole nitrogens is 1. The lowest BCUT2D eigenvalue weighted by atomic mass is 9.85. The Morgan fingerprint density at radius 2 is 2.09 bits per heavy atom. The lowest BCUT2D eigenvalue weighted by Gasteiger charge is -2.31. The highest BCUT2D eigenvalue weighted by atomic mass is 16.7. The van der Waals surface area contributed by atoms with Gasteiger partial charge in [0.1, 0.15) is 6.10 Å². The molecule has 0 amide bonds. The maximum atomic E-state index is 12.1. The van der Waals surface area contributed by atoms with Crippen LogP contribution in [-0.2, 0) is 20.7 Å². The van der Waals surface area contributed by atoms with Crippen LogP contribution in [0.25, 0.3) is 10.9 Å². The van der Waals surface area contributed by atoms with E-state index in [4.69, 9.17) is 9.47 Å². The first kappa shape index (κ1) is 13.7. The maximum absolute atomic E-state index is 12.1. The van der Waals surface area contributed by atoms with Gasteiger partial charge in [0.2, 0.25) is 11.4 Å². The Morgan fingerprint density at radius 1 is 1.32 bits per heavy atom. The van der Waals surface area contributed by atoms with Crippen molar-refractivity contribution in [3.63, 3.8) is 0 Å². The number of benzene rings is 1. The number of fused-ring (bicyclic) bond motifs is 2. The Kier molecular flexibility index (Phi) is 2.68. The maximum Gasteiger partial charge on any atom is 0.344 e. The van der Waals surface area contributed by atoms with Crippen molar-refractivity contribution in [1.29, 1.82) is 0 Å². The zero-order valence-corrected chi connectivity index (χ0v) is 11.5. The number of carbonyl (C=O) groups excluding carboxylic acids is 1. The average molecular weight is 305 g/mol. The van der Waals surface area contributed by atoms with Crippen LogP contribution < -0.4 is 0 Å². The summed E-state index contributed by atoms with van der Waals surface area (Å²) in [5.74, 6) is -3.24. The molecule has 22 heavy (non-hydrogen) atoms. The molecule has 7 heteroatoms. The second-order valence-corrected chi connectivity index (χ2v) is 5.80. The zero-order chi connectivity index (χ0) is 15.5. The molecule has 0 saturated carbocycles. The van der Waals surface area contributed by atoms with E-state index in [1.807, 2.05) is 24.3 Å². The van der Waals surface area contributed by atoms with Crippen LogP contribution in [0.4, 0.5) is 0 Å². The van der Waals surface area contributed by atoms with Crippen molar-refractivity contribution in [3.05, 3.63) is 36.0 Å². The summed E-state index contributed by atoms with van der Waals surface area (Å²) in [5, 5.41) is 31.9. The van der Waals surface area contributed by atoms with Crippen molar-refractivity contribution in [2.45, 2.75) is 30.0 Å². The van der Waals surface area contributed by atoms with Crippen LogP contribution in [0.15, 0.2) is 30.5 Å². The van der Waals surface area contributed by atoms with Crippen molar-refractivity contribution < 1.29 is 29.6 Å². The molecule has 2 aliphatic heterocycles. The lowest BCUT2D eigenvalue weighted by molar-refractivity contribution is -0.262. The number of nitrogens with one attached hydrogen (secondary N) is 1. The summed E-state index contributed by atoms with van der Waals surface area (Å²) < 4.78 is 10.1. The lowest BCUT2D eigenvalue weighted by Crippen LogP contribution is -2.59.